The maximum absolute atomic E-state index is 13.2. The number of fused-ring (bicyclic) bond motifs is 1. The average Bonchev–Trinajstić information content (AvgIpc) is 3.21. The zero-order valence-corrected chi connectivity index (χ0v) is 17.7. The highest BCUT2D eigenvalue weighted by atomic mass is 79.9. The Balaban J connectivity index is 1.69. The molecule has 2 aliphatic heterocycles. The molecule has 0 aliphatic carbocycles. The molecule has 0 unspecified atom stereocenters. The molecule has 4 rings (SSSR count). The number of halogens is 8. The number of hydrogen-bond acceptors (Lipinski definition) is 2. The molecule has 0 spiro atoms. The first-order valence-electron chi connectivity index (χ1n) is 9.09. The standard InChI is InChI=1S/C20H13BrClF6NO2/c21-14-2-1-10(19(23,24)25)8-13(14)15-3-4-16-17(31-18(30)29(15)16)9-5-11(20(26,27)28)7-12(22)6-9/h1-2,5-8,15-17H,3-4H2/t15-,16-,17+/m0/s1. The van der Waals surface area contributed by atoms with Crippen LogP contribution in [0, 0.1) is 0 Å². The molecule has 1 amide bonds. The highest BCUT2D eigenvalue weighted by Crippen LogP contribution is 2.50. The molecule has 0 radical (unpaired) electrons. The first-order valence-corrected chi connectivity index (χ1v) is 10.3. The molecular weight excluding hydrogens is 516 g/mol. The maximum Gasteiger partial charge on any atom is 0.416 e. The zero-order chi connectivity index (χ0) is 22.7. The van der Waals surface area contributed by atoms with Gasteiger partial charge in [-0.1, -0.05) is 27.5 Å². The SMILES string of the molecule is O=C1O[C@H](c2cc(Cl)cc(C(F)(F)F)c2)[C@@H]2CC[C@@H](c3cc(C(F)(F)F)ccc3Br)N12. The molecule has 2 fully saturated rings. The smallest absolute Gasteiger partial charge is 0.416 e. The largest absolute Gasteiger partial charge is 0.439 e. The van der Waals surface area contributed by atoms with Crippen molar-refractivity contribution in [3.63, 3.8) is 0 Å². The Hall–Kier alpha value is -1.94. The number of amides is 1. The van der Waals surface area contributed by atoms with E-state index < -0.39 is 47.8 Å². The monoisotopic (exact) mass is 527 g/mol. The van der Waals surface area contributed by atoms with Gasteiger partial charge in [0.2, 0.25) is 0 Å². The van der Waals surface area contributed by atoms with Crippen LogP contribution in [0.4, 0.5) is 31.1 Å². The molecule has 2 aliphatic rings. The van der Waals surface area contributed by atoms with Gasteiger partial charge in [0.05, 0.1) is 23.2 Å². The second-order valence-electron chi connectivity index (χ2n) is 7.38. The highest BCUT2D eigenvalue weighted by Gasteiger charge is 2.51. The van der Waals surface area contributed by atoms with Crippen LogP contribution in [0.25, 0.3) is 0 Å². The highest BCUT2D eigenvalue weighted by molar-refractivity contribution is 9.10. The number of hydrogen-bond donors (Lipinski definition) is 0. The Morgan fingerprint density at radius 3 is 2.29 bits per heavy atom. The summed E-state index contributed by atoms with van der Waals surface area (Å²) in [6, 6.07) is 4.77. The number of rotatable bonds is 2. The molecule has 2 aromatic rings. The van der Waals surface area contributed by atoms with Crippen molar-refractivity contribution in [2.45, 2.75) is 43.4 Å². The van der Waals surface area contributed by atoms with Gasteiger partial charge in [0.1, 0.15) is 6.10 Å². The van der Waals surface area contributed by atoms with E-state index in [9.17, 15) is 31.1 Å². The number of nitrogens with zero attached hydrogens (tertiary/aromatic N) is 1. The van der Waals surface area contributed by atoms with Crippen LogP contribution in [0.2, 0.25) is 5.02 Å². The predicted molar refractivity (Wildman–Crippen MR) is 102 cm³/mol. The minimum atomic E-state index is -4.64. The summed E-state index contributed by atoms with van der Waals surface area (Å²) in [6.07, 6.45) is -10.3. The zero-order valence-electron chi connectivity index (χ0n) is 15.4. The summed E-state index contributed by atoms with van der Waals surface area (Å²) >= 11 is 9.09. The molecule has 2 aromatic carbocycles. The van der Waals surface area contributed by atoms with Gasteiger partial charge in [-0.15, -0.1) is 0 Å². The lowest BCUT2D eigenvalue weighted by molar-refractivity contribution is -0.138. The van der Waals surface area contributed by atoms with Crippen molar-refractivity contribution in [2.24, 2.45) is 0 Å². The lowest BCUT2D eigenvalue weighted by Gasteiger charge is -2.24. The molecular formula is C20H13BrClF6NO2. The lowest BCUT2D eigenvalue weighted by Crippen LogP contribution is -2.31. The van der Waals surface area contributed by atoms with Crippen molar-refractivity contribution >= 4 is 33.6 Å². The number of cyclic esters (lactones) is 1. The fourth-order valence-corrected chi connectivity index (χ4v) is 4.91. The van der Waals surface area contributed by atoms with E-state index in [4.69, 9.17) is 16.3 Å². The summed E-state index contributed by atoms with van der Waals surface area (Å²) < 4.78 is 84.7. The minimum absolute atomic E-state index is 0.0874. The van der Waals surface area contributed by atoms with E-state index in [0.29, 0.717) is 17.3 Å². The summed E-state index contributed by atoms with van der Waals surface area (Å²) in [4.78, 5) is 13.9. The van der Waals surface area contributed by atoms with Crippen LogP contribution in [0.1, 0.15) is 47.2 Å². The molecule has 0 N–H and O–H groups in total. The molecule has 11 heteroatoms. The van der Waals surface area contributed by atoms with Crippen molar-refractivity contribution in [1.29, 1.82) is 0 Å². The normalized spacial score (nSPS) is 23.8. The molecule has 0 bridgehead atoms. The topological polar surface area (TPSA) is 29.5 Å². The van der Waals surface area contributed by atoms with E-state index in [1.165, 1.54) is 17.0 Å². The van der Waals surface area contributed by atoms with E-state index in [-0.39, 0.29) is 16.1 Å². The number of carbonyl (C=O) groups excluding carboxylic acids is 1. The Bertz CT molecular complexity index is 1040. The fraction of sp³-hybridized carbons (Fsp3) is 0.350. The molecule has 166 valence electrons. The Kier molecular flexibility index (Phi) is 5.44. The van der Waals surface area contributed by atoms with E-state index in [1.807, 2.05) is 0 Å². The number of carbonyl (C=O) groups is 1. The molecule has 2 saturated heterocycles. The molecule has 3 nitrogen and oxygen atoms in total. The predicted octanol–water partition coefficient (Wildman–Crippen LogP) is 7.54. The lowest BCUT2D eigenvalue weighted by atomic mass is 9.98. The summed E-state index contributed by atoms with van der Waals surface area (Å²) in [5, 5.41) is -0.158. The van der Waals surface area contributed by atoms with E-state index in [1.54, 1.807) is 0 Å². The quantitative estimate of drug-likeness (QED) is 0.377. The van der Waals surface area contributed by atoms with Crippen molar-refractivity contribution < 1.29 is 35.9 Å². The molecule has 0 aromatic heterocycles. The van der Waals surface area contributed by atoms with Crippen LogP contribution >= 0.6 is 27.5 Å². The van der Waals surface area contributed by atoms with Crippen molar-refractivity contribution in [3.05, 3.63) is 68.1 Å². The number of alkyl halides is 6. The van der Waals surface area contributed by atoms with Gasteiger partial charge in [-0.3, -0.25) is 4.90 Å². The summed E-state index contributed by atoms with van der Waals surface area (Å²) in [7, 11) is 0. The fourth-order valence-electron chi connectivity index (χ4n) is 4.16. The molecule has 3 atom stereocenters. The van der Waals surface area contributed by atoms with Gasteiger partial charge in [-0.25, -0.2) is 4.79 Å². The molecule has 0 saturated carbocycles. The van der Waals surface area contributed by atoms with Crippen LogP contribution in [-0.2, 0) is 17.1 Å². The Labute approximate surface area is 186 Å². The van der Waals surface area contributed by atoms with Gasteiger partial charge >= 0.3 is 18.4 Å². The van der Waals surface area contributed by atoms with Gasteiger partial charge in [-0.2, -0.15) is 26.3 Å². The van der Waals surface area contributed by atoms with Gasteiger partial charge in [0.15, 0.2) is 0 Å². The maximum atomic E-state index is 13.2. The second-order valence-corrected chi connectivity index (χ2v) is 8.67. The minimum Gasteiger partial charge on any atom is -0.439 e. The van der Waals surface area contributed by atoms with Crippen molar-refractivity contribution in [1.82, 2.24) is 4.90 Å². The summed E-state index contributed by atoms with van der Waals surface area (Å²) in [6.45, 7) is 0. The van der Waals surface area contributed by atoms with Gasteiger partial charge in [0.25, 0.3) is 0 Å². The number of benzene rings is 2. The molecule has 2 heterocycles. The van der Waals surface area contributed by atoms with Crippen LogP contribution in [0.5, 0.6) is 0 Å². The first-order chi connectivity index (χ1) is 14.4. The third-order valence-corrected chi connectivity index (χ3v) is 6.42. The van der Waals surface area contributed by atoms with E-state index in [0.717, 1.165) is 24.3 Å². The van der Waals surface area contributed by atoms with Gasteiger partial charge < -0.3 is 4.74 Å². The van der Waals surface area contributed by atoms with Gasteiger partial charge in [-0.05, 0) is 60.4 Å². The first kappa shape index (κ1) is 22.3. The number of ether oxygens (including phenoxy) is 1. The van der Waals surface area contributed by atoms with Crippen molar-refractivity contribution in [2.75, 3.05) is 0 Å². The van der Waals surface area contributed by atoms with Gasteiger partial charge in [0, 0.05) is 9.50 Å². The van der Waals surface area contributed by atoms with Crippen LogP contribution < -0.4 is 0 Å². The average molecular weight is 529 g/mol. The summed E-state index contributed by atoms with van der Waals surface area (Å²) in [5.41, 5.74) is -1.48. The van der Waals surface area contributed by atoms with E-state index in [2.05, 4.69) is 15.9 Å². The molecule has 31 heavy (non-hydrogen) atoms. The third-order valence-electron chi connectivity index (χ3n) is 5.48. The van der Waals surface area contributed by atoms with Crippen LogP contribution in [0.15, 0.2) is 40.9 Å². The Morgan fingerprint density at radius 2 is 1.65 bits per heavy atom. The van der Waals surface area contributed by atoms with Crippen molar-refractivity contribution in [3.8, 4) is 0 Å². The van der Waals surface area contributed by atoms with Crippen LogP contribution in [0.3, 0.4) is 0 Å². The third kappa shape index (κ3) is 4.11. The Morgan fingerprint density at radius 1 is 0.968 bits per heavy atom. The summed E-state index contributed by atoms with van der Waals surface area (Å²) in [5.74, 6) is 0. The second kappa shape index (κ2) is 7.58. The van der Waals surface area contributed by atoms with E-state index >= 15 is 0 Å². The van der Waals surface area contributed by atoms with Crippen LogP contribution in [-0.4, -0.2) is 17.0 Å².